The summed E-state index contributed by atoms with van der Waals surface area (Å²) in [6.45, 7) is 6.11. The molecule has 244 valence electrons. The average molecular weight is 571 g/mol. The topological polar surface area (TPSA) is 46.1 Å². The van der Waals surface area contributed by atoms with Gasteiger partial charge in [-0.3, -0.25) is 0 Å². The SMILES string of the molecule is CCCCCCCCCCCCCCCCCC[N+](C)(C)[O-].CCCCCCCCCCCCCC[N+](C)(C)[O-]. The van der Waals surface area contributed by atoms with Gasteiger partial charge in [-0.1, -0.05) is 168 Å². The van der Waals surface area contributed by atoms with E-state index in [4.69, 9.17) is 0 Å². The Morgan fingerprint density at radius 1 is 0.275 bits per heavy atom. The van der Waals surface area contributed by atoms with Crippen LogP contribution in [-0.2, 0) is 0 Å². The molecule has 0 saturated heterocycles. The van der Waals surface area contributed by atoms with Crippen LogP contribution in [0, 0.1) is 10.4 Å². The third-order valence-electron chi connectivity index (χ3n) is 8.10. The molecule has 0 aromatic carbocycles. The number of unbranched alkanes of at least 4 members (excludes halogenated alkanes) is 26. The Morgan fingerprint density at radius 2 is 0.425 bits per heavy atom. The molecule has 0 heterocycles. The highest BCUT2D eigenvalue weighted by Gasteiger charge is 2.01. The molecule has 40 heavy (non-hydrogen) atoms. The van der Waals surface area contributed by atoms with Gasteiger partial charge in [0.15, 0.2) is 0 Å². The summed E-state index contributed by atoms with van der Waals surface area (Å²) in [7, 11) is 6.95. The van der Waals surface area contributed by atoms with Crippen molar-refractivity contribution in [3.05, 3.63) is 10.4 Å². The van der Waals surface area contributed by atoms with Crippen molar-refractivity contribution in [3.63, 3.8) is 0 Å². The maximum atomic E-state index is 11.4. The van der Waals surface area contributed by atoms with Crippen molar-refractivity contribution in [3.8, 4) is 0 Å². The second-order valence-electron chi connectivity index (χ2n) is 13.8. The van der Waals surface area contributed by atoms with Gasteiger partial charge in [0.25, 0.3) is 0 Å². The molecule has 0 spiro atoms. The zero-order valence-electron chi connectivity index (χ0n) is 28.9. The van der Waals surface area contributed by atoms with Crippen molar-refractivity contribution < 1.29 is 9.29 Å². The van der Waals surface area contributed by atoms with Gasteiger partial charge in [-0.2, -0.15) is 0 Å². The van der Waals surface area contributed by atoms with Crippen molar-refractivity contribution in [2.75, 3.05) is 41.3 Å². The first-order chi connectivity index (χ1) is 19.1. The molecular weight excluding hydrogens is 492 g/mol. The lowest BCUT2D eigenvalue weighted by Gasteiger charge is -2.33. The van der Waals surface area contributed by atoms with Crippen LogP contribution in [0.4, 0.5) is 0 Å². The number of rotatable bonds is 30. The molecule has 0 amide bonds. The Bertz CT molecular complexity index is 457. The fourth-order valence-corrected chi connectivity index (χ4v) is 5.37. The van der Waals surface area contributed by atoms with Crippen LogP contribution in [0.15, 0.2) is 0 Å². The van der Waals surface area contributed by atoms with E-state index in [9.17, 15) is 10.4 Å². The Labute approximate surface area is 254 Å². The van der Waals surface area contributed by atoms with Crippen molar-refractivity contribution in [2.45, 2.75) is 194 Å². The summed E-state index contributed by atoms with van der Waals surface area (Å²) in [6.07, 6.45) is 38.5. The molecule has 0 aromatic rings. The maximum Gasteiger partial charge on any atom is 0.0779 e. The van der Waals surface area contributed by atoms with Crippen molar-refractivity contribution in [1.29, 1.82) is 0 Å². The van der Waals surface area contributed by atoms with Gasteiger partial charge >= 0.3 is 0 Å². The van der Waals surface area contributed by atoms with E-state index in [-0.39, 0.29) is 9.29 Å². The number of hydrogen-bond donors (Lipinski definition) is 0. The second-order valence-corrected chi connectivity index (χ2v) is 13.8. The first-order valence-electron chi connectivity index (χ1n) is 18.2. The van der Waals surface area contributed by atoms with Gasteiger partial charge in [0, 0.05) is 0 Å². The number of hydrogen-bond acceptors (Lipinski definition) is 2. The monoisotopic (exact) mass is 571 g/mol. The molecule has 0 rings (SSSR count). The molecule has 4 nitrogen and oxygen atoms in total. The molecule has 0 unspecified atom stereocenters. The second kappa shape index (κ2) is 31.8. The lowest BCUT2D eigenvalue weighted by atomic mass is 10.0. The zero-order valence-corrected chi connectivity index (χ0v) is 28.9. The third-order valence-corrected chi connectivity index (χ3v) is 8.10. The molecular formula is C36H78N2O2. The van der Waals surface area contributed by atoms with Gasteiger partial charge in [-0.05, 0) is 25.7 Å². The molecule has 0 aromatic heterocycles. The Hall–Kier alpha value is -0.160. The van der Waals surface area contributed by atoms with Crippen LogP contribution in [-0.4, -0.2) is 50.6 Å². The van der Waals surface area contributed by atoms with Gasteiger partial charge in [0.05, 0.1) is 41.3 Å². The molecule has 0 N–H and O–H groups in total. The zero-order chi connectivity index (χ0) is 30.2. The van der Waals surface area contributed by atoms with Gasteiger partial charge in [0.2, 0.25) is 0 Å². The van der Waals surface area contributed by atoms with Crippen LogP contribution in [0.25, 0.3) is 0 Å². The highest BCUT2D eigenvalue weighted by atomic mass is 16.5. The average Bonchev–Trinajstić information content (AvgIpc) is 2.88. The summed E-state index contributed by atoms with van der Waals surface area (Å²) in [5.41, 5.74) is 0. The van der Waals surface area contributed by atoms with Crippen LogP contribution in [0.1, 0.15) is 194 Å². The smallest absolute Gasteiger partial charge is 0.0779 e. The molecule has 0 fully saturated rings. The Kier molecular flexibility index (Phi) is 33.3. The van der Waals surface area contributed by atoms with E-state index in [0.29, 0.717) is 0 Å². The number of quaternary nitrogens is 2. The van der Waals surface area contributed by atoms with E-state index in [0.717, 1.165) is 25.9 Å². The van der Waals surface area contributed by atoms with Crippen LogP contribution in [0.2, 0.25) is 0 Å². The van der Waals surface area contributed by atoms with Crippen LogP contribution >= 0.6 is 0 Å². The Morgan fingerprint density at radius 3 is 0.575 bits per heavy atom. The van der Waals surface area contributed by atoms with Gasteiger partial charge < -0.3 is 19.7 Å². The fourth-order valence-electron chi connectivity index (χ4n) is 5.37. The largest absolute Gasteiger partial charge is 0.633 e. The molecule has 0 radical (unpaired) electrons. The quantitative estimate of drug-likeness (QED) is 0.0489. The van der Waals surface area contributed by atoms with E-state index in [1.807, 2.05) is 0 Å². The molecule has 0 aliphatic carbocycles. The van der Waals surface area contributed by atoms with E-state index in [1.165, 1.54) is 167 Å². The lowest BCUT2D eigenvalue weighted by Crippen LogP contribution is -2.32. The number of nitrogens with zero attached hydrogens (tertiary/aromatic N) is 2. The number of hydroxylamine groups is 6. The third kappa shape index (κ3) is 44.8. The lowest BCUT2D eigenvalue weighted by molar-refractivity contribution is -0.840. The molecule has 0 aliphatic heterocycles. The van der Waals surface area contributed by atoms with E-state index < -0.39 is 0 Å². The highest BCUT2D eigenvalue weighted by molar-refractivity contribution is 4.51. The van der Waals surface area contributed by atoms with E-state index in [1.54, 1.807) is 28.2 Å². The summed E-state index contributed by atoms with van der Waals surface area (Å²) >= 11 is 0. The van der Waals surface area contributed by atoms with Crippen LogP contribution in [0.5, 0.6) is 0 Å². The van der Waals surface area contributed by atoms with Crippen LogP contribution in [0.3, 0.4) is 0 Å². The molecule has 0 bridgehead atoms. The first-order valence-corrected chi connectivity index (χ1v) is 18.2. The maximum absolute atomic E-state index is 11.4. The Balaban J connectivity index is 0. The summed E-state index contributed by atoms with van der Waals surface area (Å²) in [5.74, 6) is 0. The standard InChI is InChI=1S/C20H43NO.C16H35NO/c1-4-5-6-7-8-9-10-11-12-13-14-15-16-17-18-19-20-21(2,3)22;1-4-5-6-7-8-9-10-11-12-13-14-15-16-17(2,3)18/h4-20H2,1-3H3;4-16H2,1-3H3. The van der Waals surface area contributed by atoms with E-state index >= 15 is 0 Å². The first kappa shape index (κ1) is 42.0. The van der Waals surface area contributed by atoms with Gasteiger partial charge in [0.1, 0.15) is 0 Å². The highest BCUT2D eigenvalue weighted by Crippen LogP contribution is 2.14. The summed E-state index contributed by atoms with van der Waals surface area (Å²) < 4.78 is -0.254. The van der Waals surface area contributed by atoms with Crippen molar-refractivity contribution in [2.24, 2.45) is 0 Å². The summed E-state index contributed by atoms with van der Waals surface area (Å²) in [5, 5.41) is 22.7. The molecule has 4 heteroatoms. The van der Waals surface area contributed by atoms with Crippen molar-refractivity contribution in [1.82, 2.24) is 0 Å². The van der Waals surface area contributed by atoms with Crippen molar-refractivity contribution >= 4 is 0 Å². The summed E-state index contributed by atoms with van der Waals surface area (Å²) in [4.78, 5) is 0. The minimum atomic E-state index is -0.127. The summed E-state index contributed by atoms with van der Waals surface area (Å²) in [6, 6.07) is 0. The minimum absolute atomic E-state index is 0.126. The fraction of sp³-hybridized carbons (Fsp3) is 1.00. The normalized spacial score (nSPS) is 12.0. The molecule has 0 atom stereocenters. The predicted molar refractivity (Wildman–Crippen MR) is 181 cm³/mol. The van der Waals surface area contributed by atoms with Gasteiger partial charge in [-0.15, -0.1) is 0 Å². The predicted octanol–water partition coefficient (Wildman–Crippen LogP) is 12.1. The molecule has 0 saturated carbocycles. The van der Waals surface area contributed by atoms with Crippen LogP contribution < -0.4 is 0 Å². The van der Waals surface area contributed by atoms with E-state index in [2.05, 4.69) is 13.8 Å². The molecule has 0 aliphatic rings. The minimum Gasteiger partial charge on any atom is -0.633 e. The van der Waals surface area contributed by atoms with Gasteiger partial charge in [-0.25, -0.2) is 0 Å².